The first kappa shape index (κ1) is 12.4. The fourth-order valence-electron chi connectivity index (χ4n) is 2.65. The lowest BCUT2D eigenvalue weighted by atomic mass is 9.98. The summed E-state index contributed by atoms with van der Waals surface area (Å²) in [5.74, 6) is 0. The van der Waals surface area contributed by atoms with E-state index in [1.165, 1.54) is 16.3 Å². The lowest BCUT2D eigenvalue weighted by molar-refractivity contribution is 0.274. The summed E-state index contributed by atoms with van der Waals surface area (Å²) < 4.78 is 11.8. The van der Waals surface area contributed by atoms with Gasteiger partial charge < -0.3 is 8.85 Å². The topological polar surface area (TPSA) is 18.5 Å². The molecule has 0 N–H and O–H groups in total. The molecule has 0 spiro atoms. The van der Waals surface area contributed by atoms with E-state index in [2.05, 4.69) is 42.5 Å². The minimum Gasteiger partial charge on any atom is -0.391 e. The van der Waals surface area contributed by atoms with E-state index in [0.717, 1.165) is 5.19 Å². The average Bonchev–Trinajstić information content (AvgIpc) is 2.46. The molecular formula is C16H16O2Si. The van der Waals surface area contributed by atoms with Crippen LogP contribution in [0.5, 0.6) is 0 Å². The van der Waals surface area contributed by atoms with Gasteiger partial charge >= 0.3 is 8.56 Å². The first-order chi connectivity index (χ1) is 9.31. The summed E-state index contributed by atoms with van der Waals surface area (Å²) in [6.07, 6.45) is 2.18. The molecule has 0 fully saturated rings. The van der Waals surface area contributed by atoms with Crippen molar-refractivity contribution in [2.75, 3.05) is 14.2 Å². The van der Waals surface area contributed by atoms with Crippen molar-refractivity contribution in [3.8, 4) is 0 Å². The van der Waals surface area contributed by atoms with Gasteiger partial charge in [0.15, 0.2) is 0 Å². The van der Waals surface area contributed by atoms with Gasteiger partial charge in [-0.1, -0.05) is 54.6 Å². The molecular weight excluding hydrogens is 252 g/mol. The second-order valence-electron chi connectivity index (χ2n) is 4.54. The van der Waals surface area contributed by atoms with Gasteiger partial charge in [0.2, 0.25) is 0 Å². The number of rotatable bonds is 4. The van der Waals surface area contributed by atoms with Crippen LogP contribution in [0.15, 0.2) is 54.6 Å². The van der Waals surface area contributed by atoms with Crippen molar-refractivity contribution in [2.45, 2.75) is 0 Å². The molecule has 96 valence electrons. The predicted molar refractivity (Wildman–Crippen MR) is 80.2 cm³/mol. The van der Waals surface area contributed by atoms with Crippen LogP contribution in [-0.4, -0.2) is 22.8 Å². The highest BCUT2D eigenvalue weighted by molar-refractivity contribution is 6.98. The normalized spacial score (nSPS) is 13.5. The molecule has 0 atom stereocenters. The second-order valence-corrected chi connectivity index (χ2v) is 7.70. The zero-order valence-corrected chi connectivity index (χ0v) is 12.1. The quantitative estimate of drug-likeness (QED) is 0.794. The lowest BCUT2D eigenvalue weighted by Gasteiger charge is -2.34. The molecule has 0 radical (unpaired) electrons. The van der Waals surface area contributed by atoms with Gasteiger partial charge in [-0.2, -0.15) is 0 Å². The predicted octanol–water partition coefficient (Wildman–Crippen LogP) is 2.72. The fourth-order valence-corrected chi connectivity index (χ4v) is 5.60. The largest absolute Gasteiger partial charge is 0.407 e. The van der Waals surface area contributed by atoms with Crippen molar-refractivity contribution in [1.82, 2.24) is 0 Å². The maximum Gasteiger partial charge on any atom is 0.407 e. The van der Waals surface area contributed by atoms with E-state index in [9.17, 15) is 0 Å². The third kappa shape index (κ3) is 1.78. The standard InChI is InChI=1S/C16H16O2Si/c1-17-19(18-2,14-9-4-3-5-10-14)16-12-13-8-6-7-11-15(13)16/h3-12H,1-2H3. The van der Waals surface area contributed by atoms with Crippen LogP contribution in [-0.2, 0) is 8.85 Å². The summed E-state index contributed by atoms with van der Waals surface area (Å²) >= 11 is 0. The molecule has 0 amide bonds. The Labute approximate surface area is 114 Å². The van der Waals surface area contributed by atoms with Gasteiger partial charge in [0.1, 0.15) is 0 Å². The maximum atomic E-state index is 5.88. The maximum absolute atomic E-state index is 5.88. The van der Waals surface area contributed by atoms with E-state index in [0.29, 0.717) is 0 Å². The van der Waals surface area contributed by atoms with E-state index >= 15 is 0 Å². The lowest BCUT2D eigenvalue weighted by Crippen LogP contribution is -2.54. The molecule has 0 saturated carbocycles. The van der Waals surface area contributed by atoms with Crippen LogP contribution in [0.25, 0.3) is 11.3 Å². The summed E-state index contributed by atoms with van der Waals surface area (Å²) in [4.78, 5) is 0. The Bertz CT molecular complexity index is 616. The van der Waals surface area contributed by atoms with Gasteiger partial charge in [0.05, 0.1) is 0 Å². The molecule has 0 heterocycles. The Balaban J connectivity index is 2.10. The molecule has 3 heteroatoms. The molecule has 1 aliphatic rings. The highest BCUT2D eigenvalue weighted by Gasteiger charge is 2.46. The van der Waals surface area contributed by atoms with Gasteiger partial charge in [-0.15, -0.1) is 0 Å². The zero-order valence-electron chi connectivity index (χ0n) is 11.1. The van der Waals surface area contributed by atoms with E-state index < -0.39 is 8.56 Å². The summed E-state index contributed by atoms with van der Waals surface area (Å²) in [5.41, 5.74) is 2.51. The van der Waals surface area contributed by atoms with E-state index in [-0.39, 0.29) is 0 Å². The smallest absolute Gasteiger partial charge is 0.391 e. The van der Waals surface area contributed by atoms with Crippen LogP contribution in [0, 0.1) is 0 Å². The molecule has 1 aliphatic carbocycles. The van der Waals surface area contributed by atoms with Gasteiger partial charge in [-0.05, 0) is 22.4 Å². The molecule has 2 aromatic carbocycles. The van der Waals surface area contributed by atoms with E-state index in [1.54, 1.807) is 14.2 Å². The molecule has 19 heavy (non-hydrogen) atoms. The Morgan fingerprint density at radius 1 is 0.789 bits per heavy atom. The number of hydrogen-bond donors (Lipinski definition) is 0. The van der Waals surface area contributed by atoms with Crippen LogP contribution in [0.4, 0.5) is 0 Å². The van der Waals surface area contributed by atoms with Crippen molar-refractivity contribution < 1.29 is 8.85 Å². The molecule has 0 aromatic heterocycles. The van der Waals surface area contributed by atoms with Gasteiger partial charge in [-0.25, -0.2) is 0 Å². The van der Waals surface area contributed by atoms with Crippen molar-refractivity contribution in [2.24, 2.45) is 0 Å². The molecule has 2 aromatic rings. The van der Waals surface area contributed by atoms with Crippen molar-refractivity contribution >= 4 is 25.0 Å². The Kier molecular flexibility index (Phi) is 3.10. The Morgan fingerprint density at radius 2 is 1.42 bits per heavy atom. The molecule has 0 aliphatic heterocycles. The van der Waals surface area contributed by atoms with Crippen LogP contribution >= 0.6 is 0 Å². The Hall–Kier alpha value is -1.68. The minimum atomic E-state index is -2.53. The fraction of sp³-hybridized carbons (Fsp3) is 0.125. The zero-order chi connectivity index (χ0) is 13.3. The monoisotopic (exact) mass is 268 g/mol. The van der Waals surface area contributed by atoms with E-state index in [4.69, 9.17) is 8.85 Å². The molecule has 0 unspecified atom stereocenters. The SMILES string of the molecule is CO[Si](OC)(C1=Cc2ccccc21)c1ccccc1. The number of benzene rings is 2. The summed E-state index contributed by atoms with van der Waals surface area (Å²) in [6, 6.07) is 18.6. The van der Waals surface area contributed by atoms with Crippen molar-refractivity contribution in [3.05, 3.63) is 65.7 Å². The number of hydrogen-bond acceptors (Lipinski definition) is 2. The van der Waals surface area contributed by atoms with Crippen LogP contribution < -0.4 is 5.19 Å². The average molecular weight is 268 g/mol. The summed E-state index contributed by atoms with van der Waals surface area (Å²) in [5, 5.41) is 2.35. The minimum absolute atomic E-state index is 1.14. The second kappa shape index (κ2) is 4.77. The molecule has 0 saturated heterocycles. The van der Waals surface area contributed by atoms with Gasteiger partial charge in [0, 0.05) is 19.4 Å². The number of fused-ring (bicyclic) bond motifs is 1. The third-order valence-electron chi connectivity index (χ3n) is 3.63. The van der Waals surface area contributed by atoms with E-state index in [1.807, 2.05) is 18.2 Å². The highest BCUT2D eigenvalue weighted by atomic mass is 28.4. The first-order valence-electron chi connectivity index (χ1n) is 6.29. The third-order valence-corrected chi connectivity index (χ3v) is 7.00. The van der Waals surface area contributed by atoms with Crippen LogP contribution in [0.2, 0.25) is 0 Å². The first-order valence-corrected chi connectivity index (χ1v) is 8.11. The molecule has 3 rings (SSSR count). The van der Waals surface area contributed by atoms with Crippen LogP contribution in [0.3, 0.4) is 0 Å². The molecule has 2 nitrogen and oxygen atoms in total. The highest BCUT2D eigenvalue weighted by Crippen LogP contribution is 2.39. The van der Waals surface area contributed by atoms with Gasteiger partial charge in [-0.3, -0.25) is 0 Å². The summed E-state index contributed by atoms with van der Waals surface area (Å²) in [7, 11) is 0.955. The Morgan fingerprint density at radius 3 is 2.05 bits per heavy atom. The van der Waals surface area contributed by atoms with Crippen LogP contribution in [0.1, 0.15) is 11.1 Å². The molecule has 0 bridgehead atoms. The van der Waals surface area contributed by atoms with Crippen molar-refractivity contribution in [1.29, 1.82) is 0 Å². The van der Waals surface area contributed by atoms with Crippen molar-refractivity contribution in [3.63, 3.8) is 0 Å². The van der Waals surface area contributed by atoms with Gasteiger partial charge in [0.25, 0.3) is 0 Å². The summed E-state index contributed by atoms with van der Waals surface area (Å²) in [6.45, 7) is 0.